The third kappa shape index (κ3) is 2.55. The van der Waals surface area contributed by atoms with Gasteiger partial charge in [0.25, 0.3) is 0 Å². The van der Waals surface area contributed by atoms with Crippen LogP contribution in [0.15, 0.2) is 24.5 Å². The molecule has 1 aliphatic rings. The van der Waals surface area contributed by atoms with Crippen molar-refractivity contribution in [3.8, 4) is 17.2 Å². The molecular formula is C18H23N5. The van der Waals surface area contributed by atoms with Crippen LogP contribution in [0.2, 0.25) is 0 Å². The average molecular weight is 309 g/mol. The predicted molar refractivity (Wildman–Crippen MR) is 93.7 cm³/mol. The van der Waals surface area contributed by atoms with Crippen molar-refractivity contribution in [3.05, 3.63) is 30.1 Å². The standard InChI is InChI=1S/C18H23N5/c1-12(2)23-10-13(3)22(5)17-7-16(14(8-19)6-18(17)23)15-9-20-21(4)11-15/h6-7,9,11-13H,10H2,1-5H3/t13-/m1/s1. The first kappa shape index (κ1) is 15.4. The van der Waals surface area contributed by atoms with E-state index < -0.39 is 0 Å². The number of nitrogens with zero attached hydrogens (tertiary/aromatic N) is 5. The van der Waals surface area contributed by atoms with Crippen molar-refractivity contribution in [2.24, 2.45) is 7.05 Å². The van der Waals surface area contributed by atoms with Crippen molar-refractivity contribution in [2.45, 2.75) is 32.9 Å². The molecule has 0 bridgehead atoms. The normalized spacial score (nSPS) is 17.3. The van der Waals surface area contributed by atoms with Gasteiger partial charge in [-0.2, -0.15) is 10.4 Å². The SMILES string of the molecule is CC(C)N1C[C@@H](C)N(C)c2cc(-c3cnn(C)c3)c(C#N)cc21. The Morgan fingerprint density at radius 3 is 2.57 bits per heavy atom. The van der Waals surface area contributed by atoms with Crippen LogP contribution in [-0.2, 0) is 7.05 Å². The van der Waals surface area contributed by atoms with Gasteiger partial charge in [0, 0.05) is 50.0 Å². The van der Waals surface area contributed by atoms with Gasteiger partial charge in [-0.1, -0.05) is 0 Å². The highest BCUT2D eigenvalue weighted by molar-refractivity contribution is 5.84. The quantitative estimate of drug-likeness (QED) is 0.855. The van der Waals surface area contributed by atoms with Crippen molar-refractivity contribution in [1.82, 2.24) is 9.78 Å². The summed E-state index contributed by atoms with van der Waals surface area (Å²) in [5.74, 6) is 0. The highest BCUT2D eigenvalue weighted by Crippen LogP contribution is 2.40. The maximum atomic E-state index is 9.62. The number of hydrogen-bond acceptors (Lipinski definition) is 4. The molecule has 0 N–H and O–H groups in total. The molecule has 1 aromatic carbocycles. The first-order valence-electron chi connectivity index (χ1n) is 7.99. The van der Waals surface area contributed by atoms with E-state index in [9.17, 15) is 5.26 Å². The molecule has 2 aromatic rings. The Kier molecular flexibility index (Phi) is 3.77. The molecule has 1 atom stereocenters. The molecule has 0 saturated heterocycles. The lowest BCUT2D eigenvalue weighted by Gasteiger charge is -2.43. The molecule has 120 valence electrons. The van der Waals surface area contributed by atoms with Crippen LogP contribution in [0.3, 0.4) is 0 Å². The van der Waals surface area contributed by atoms with Crippen LogP contribution < -0.4 is 9.80 Å². The van der Waals surface area contributed by atoms with Crippen molar-refractivity contribution < 1.29 is 0 Å². The fourth-order valence-electron chi connectivity index (χ4n) is 3.21. The van der Waals surface area contributed by atoms with Crippen LogP contribution in [0.1, 0.15) is 26.3 Å². The third-order valence-electron chi connectivity index (χ3n) is 4.69. The molecule has 5 heteroatoms. The number of anilines is 2. The van der Waals surface area contributed by atoms with E-state index in [1.165, 1.54) is 5.69 Å². The van der Waals surface area contributed by atoms with E-state index >= 15 is 0 Å². The molecule has 5 nitrogen and oxygen atoms in total. The molecule has 0 spiro atoms. The largest absolute Gasteiger partial charge is 0.368 e. The van der Waals surface area contributed by atoms with E-state index in [2.05, 4.69) is 54.9 Å². The fourth-order valence-corrected chi connectivity index (χ4v) is 3.21. The molecule has 0 fully saturated rings. The lowest BCUT2D eigenvalue weighted by molar-refractivity contribution is 0.578. The van der Waals surface area contributed by atoms with Gasteiger partial charge in [-0.05, 0) is 32.9 Å². The lowest BCUT2D eigenvalue weighted by atomic mass is 9.97. The van der Waals surface area contributed by atoms with Crippen molar-refractivity contribution in [3.63, 3.8) is 0 Å². The zero-order chi connectivity index (χ0) is 16.7. The van der Waals surface area contributed by atoms with E-state index in [0.717, 1.165) is 23.4 Å². The van der Waals surface area contributed by atoms with Crippen LogP contribution >= 0.6 is 0 Å². The van der Waals surface area contributed by atoms with Crippen LogP contribution in [0.5, 0.6) is 0 Å². The number of aromatic nitrogens is 2. The van der Waals surface area contributed by atoms with E-state index in [-0.39, 0.29) is 0 Å². The van der Waals surface area contributed by atoms with Crippen LogP contribution in [0.25, 0.3) is 11.1 Å². The molecule has 3 rings (SSSR count). The summed E-state index contributed by atoms with van der Waals surface area (Å²) in [6.07, 6.45) is 3.77. The van der Waals surface area contributed by atoms with E-state index in [0.29, 0.717) is 17.6 Å². The van der Waals surface area contributed by atoms with Gasteiger partial charge in [-0.25, -0.2) is 0 Å². The molecular weight excluding hydrogens is 286 g/mol. The third-order valence-corrected chi connectivity index (χ3v) is 4.69. The van der Waals surface area contributed by atoms with E-state index in [1.807, 2.05) is 25.5 Å². The zero-order valence-electron chi connectivity index (χ0n) is 14.4. The summed E-state index contributed by atoms with van der Waals surface area (Å²) in [6, 6.07) is 7.35. The van der Waals surface area contributed by atoms with Gasteiger partial charge >= 0.3 is 0 Å². The summed E-state index contributed by atoms with van der Waals surface area (Å²) in [7, 11) is 4.02. The summed E-state index contributed by atoms with van der Waals surface area (Å²) < 4.78 is 1.77. The number of rotatable bonds is 2. The Morgan fingerprint density at radius 1 is 1.26 bits per heavy atom. The number of hydrogen-bond donors (Lipinski definition) is 0. The molecule has 0 radical (unpaired) electrons. The first-order valence-corrected chi connectivity index (χ1v) is 7.99. The number of nitriles is 1. The van der Waals surface area contributed by atoms with Gasteiger partial charge in [0.15, 0.2) is 0 Å². The van der Waals surface area contributed by atoms with Gasteiger partial charge in [0.05, 0.1) is 29.2 Å². The first-order chi connectivity index (χ1) is 10.9. The lowest BCUT2D eigenvalue weighted by Crippen LogP contribution is -2.48. The van der Waals surface area contributed by atoms with Gasteiger partial charge in [0.1, 0.15) is 0 Å². The van der Waals surface area contributed by atoms with Crippen molar-refractivity contribution in [1.29, 1.82) is 5.26 Å². The van der Waals surface area contributed by atoms with Gasteiger partial charge < -0.3 is 9.80 Å². The van der Waals surface area contributed by atoms with Crippen LogP contribution in [-0.4, -0.2) is 35.5 Å². The molecule has 1 aromatic heterocycles. The number of fused-ring (bicyclic) bond motifs is 1. The molecule has 0 aliphatic carbocycles. The second-order valence-corrected chi connectivity index (χ2v) is 6.61. The summed E-state index contributed by atoms with van der Waals surface area (Å²) in [4.78, 5) is 4.68. The highest BCUT2D eigenvalue weighted by atomic mass is 15.3. The Balaban J connectivity index is 2.21. The molecule has 0 amide bonds. The van der Waals surface area contributed by atoms with E-state index in [4.69, 9.17) is 0 Å². The van der Waals surface area contributed by atoms with Gasteiger partial charge in [-0.15, -0.1) is 0 Å². The summed E-state index contributed by atoms with van der Waals surface area (Å²) >= 11 is 0. The summed E-state index contributed by atoms with van der Waals surface area (Å²) in [5, 5.41) is 13.9. The average Bonchev–Trinajstić information content (AvgIpc) is 2.95. The predicted octanol–water partition coefficient (Wildman–Crippen LogP) is 3.01. The summed E-state index contributed by atoms with van der Waals surface area (Å²) in [6.45, 7) is 7.60. The highest BCUT2D eigenvalue weighted by Gasteiger charge is 2.28. The molecule has 0 unspecified atom stereocenters. The van der Waals surface area contributed by atoms with Crippen LogP contribution in [0, 0.1) is 11.3 Å². The number of likely N-dealkylation sites (N-methyl/N-ethyl adjacent to an activating group) is 1. The van der Waals surface area contributed by atoms with Crippen molar-refractivity contribution >= 4 is 11.4 Å². The minimum absolute atomic E-state index is 0.403. The van der Waals surface area contributed by atoms with E-state index in [1.54, 1.807) is 4.68 Å². The topological polar surface area (TPSA) is 48.1 Å². The maximum Gasteiger partial charge on any atom is 0.0999 e. The Morgan fingerprint density at radius 2 is 2.00 bits per heavy atom. The second kappa shape index (κ2) is 5.62. The smallest absolute Gasteiger partial charge is 0.0999 e. The molecule has 23 heavy (non-hydrogen) atoms. The van der Waals surface area contributed by atoms with Gasteiger partial charge in [-0.3, -0.25) is 4.68 Å². The van der Waals surface area contributed by atoms with Crippen LogP contribution in [0.4, 0.5) is 11.4 Å². The molecule has 2 heterocycles. The monoisotopic (exact) mass is 309 g/mol. The Hall–Kier alpha value is -2.48. The summed E-state index contributed by atoms with van der Waals surface area (Å²) in [5.41, 5.74) is 4.95. The number of aryl methyl sites for hydroxylation is 1. The number of benzene rings is 1. The van der Waals surface area contributed by atoms with Gasteiger partial charge in [0.2, 0.25) is 0 Å². The fraction of sp³-hybridized carbons (Fsp3) is 0.444. The minimum Gasteiger partial charge on any atom is -0.368 e. The minimum atomic E-state index is 0.403. The van der Waals surface area contributed by atoms with Crippen molar-refractivity contribution in [2.75, 3.05) is 23.4 Å². The Labute approximate surface area is 137 Å². The molecule has 0 saturated carbocycles. The maximum absolute atomic E-state index is 9.62. The zero-order valence-corrected chi connectivity index (χ0v) is 14.4. The Bertz CT molecular complexity index is 768. The molecule has 1 aliphatic heterocycles. The second-order valence-electron chi connectivity index (χ2n) is 6.61.